The number of nitrogens with one attached hydrogen (secondary N) is 1. The van der Waals surface area contributed by atoms with Gasteiger partial charge in [-0.15, -0.1) is 0 Å². The molecule has 0 saturated carbocycles. The van der Waals surface area contributed by atoms with E-state index in [1.54, 1.807) is 12.4 Å². The Morgan fingerprint density at radius 3 is 2.69 bits per heavy atom. The molecule has 0 aliphatic heterocycles. The van der Waals surface area contributed by atoms with Crippen molar-refractivity contribution in [2.75, 3.05) is 11.1 Å². The quantitative estimate of drug-likeness (QED) is 0.805. The zero-order chi connectivity index (χ0) is 11.5. The molecule has 0 aliphatic rings. The first kappa shape index (κ1) is 10.4. The fourth-order valence-corrected chi connectivity index (χ4v) is 1.37. The Balaban J connectivity index is 2.28. The first-order valence-electron chi connectivity index (χ1n) is 5.07. The standard InChI is InChI=1S/C12H14N4/c1-8-5-6-14-7-11(8)16-12-4-3-10(13)9(2)15-12/h3-7H,13H2,1-2H3,(H,15,16). The fourth-order valence-electron chi connectivity index (χ4n) is 1.37. The molecule has 2 aromatic rings. The summed E-state index contributed by atoms with van der Waals surface area (Å²) in [5, 5.41) is 3.21. The Bertz CT molecular complexity index is 508. The predicted molar refractivity (Wildman–Crippen MR) is 65.6 cm³/mol. The highest BCUT2D eigenvalue weighted by Gasteiger charge is 2.01. The molecule has 2 heterocycles. The molecule has 0 aliphatic carbocycles. The summed E-state index contributed by atoms with van der Waals surface area (Å²) in [5.74, 6) is 0.780. The van der Waals surface area contributed by atoms with E-state index in [0.29, 0.717) is 5.69 Å². The maximum atomic E-state index is 5.71. The van der Waals surface area contributed by atoms with Crippen molar-refractivity contribution in [3.63, 3.8) is 0 Å². The van der Waals surface area contributed by atoms with Crippen LogP contribution in [0.15, 0.2) is 30.6 Å². The topological polar surface area (TPSA) is 63.8 Å². The molecule has 0 atom stereocenters. The van der Waals surface area contributed by atoms with Crippen LogP contribution in [0.25, 0.3) is 0 Å². The second-order valence-corrected chi connectivity index (χ2v) is 3.69. The number of pyridine rings is 2. The second kappa shape index (κ2) is 4.18. The summed E-state index contributed by atoms with van der Waals surface area (Å²) in [6, 6.07) is 5.65. The number of aromatic nitrogens is 2. The van der Waals surface area contributed by atoms with E-state index in [1.165, 1.54) is 0 Å². The lowest BCUT2D eigenvalue weighted by molar-refractivity contribution is 1.19. The lowest BCUT2D eigenvalue weighted by Crippen LogP contribution is -1.99. The number of hydrogen-bond acceptors (Lipinski definition) is 4. The molecule has 0 bridgehead atoms. The van der Waals surface area contributed by atoms with E-state index in [2.05, 4.69) is 15.3 Å². The van der Waals surface area contributed by atoms with E-state index in [4.69, 9.17) is 5.73 Å². The van der Waals surface area contributed by atoms with Gasteiger partial charge in [0.2, 0.25) is 0 Å². The molecule has 0 aromatic carbocycles. The molecule has 2 rings (SSSR count). The number of hydrogen-bond donors (Lipinski definition) is 2. The average Bonchev–Trinajstić information content (AvgIpc) is 2.27. The molecule has 0 unspecified atom stereocenters. The third-order valence-corrected chi connectivity index (χ3v) is 2.43. The van der Waals surface area contributed by atoms with Gasteiger partial charge in [-0.25, -0.2) is 4.98 Å². The second-order valence-electron chi connectivity index (χ2n) is 3.69. The van der Waals surface area contributed by atoms with Crippen LogP contribution in [0.2, 0.25) is 0 Å². The van der Waals surface area contributed by atoms with E-state index >= 15 is 0 Å². The summed E-state index contributed by atoms with van der Waals surface area (Å²) in [7, 11) is 0. The summed E-state index contributed by atoms with van der Waals surface area (Å²) >= 11 is 0. The normalized spacial score (nSPS) is 10.1. The number of nitrogen functional groups attached to an aromatic ring is 1. The average molecular weight is 214 g/mol. The molecular formula is C12H14N4. The largest absolute Gasteiger partial charge is 0.397 e. The van der Waals surface area contributed by atoms with Crippen LogP contribution in [0, 0.1) is 13.8 Å². The summed E-state index contributed by atoms with van der Waals surface area (Å²) in [6.45, 7) is 3.91. The van der Waals surface area contributed by atoms with Crippen molar-refractivity contribution >= 4 is 17.2 Å². The van der Waals surface area contributed by atoms with E-state index in [9.17, 15) is 0 Å². The molecule has 4 heteroatoms. The van der Waals surface area contributed by atoms with Crippen molar-refractivity contribution in [3.8, 4) is 0 Å². The molecule has 2 aromatic heterocycles. The van der Waals surface area contributed by atoms with Crippen molar-refractivity contribution in [2.24, 2.45) is 0 Å². The van der Waals surface area contributed by atoms with Gasteiger partial charge in [0.15, 0.2) is 0 Å². The Hall–Kier alpha value is -2.10. The lowest BCUT2D eigenvalue weighted by Gasteiger charge is -2.09. The third-order valence-electron chi connectivity index (χ3n) is 2.43. The minimum atomic E-state index is 0.702. The summed E-state index contributed by atoms with van der Waals surface area (Å²) in [6.07, 6.45) is 3.55. The van der Waals surface area contributed by atoms with E-state index in [1.807, 2.05) is 32.0 Å². The SMILES string of the molecule is Cc1ccncc1Nc1ccc(N)c(C)n1. The van der Waals surface area contributed by atoms with Crippen molar-refractivity contribution in [1.29, 1.82) is 0 Å². The molecule has 0 fully saturated rings. The minimum Gasteiger partial charge on any atom is -0.397 e. The van der Waals surface area contributed by atoms with Gasteiger partial charge < -0.3 is 11.1 Å². The maximum absolute atomic E-state index is 5.71. The van der Waals surface area contributed by atoms with Crippen LogP contribution < -0.4 is 11.1 Å². The molecule has 3 N–H and O–H groups in total. The van der Waals surface area contributed by atoms with Gasteiger partial charge in [0.1, 0.15) is 5.82 Å². The summed E-state index contributed by atoms with van der Waals surface area (Å²) in [4.78, 5) is 8.41. The van der Waals surface area contributed by atoms with E-state index < -0.39 is 0 Å². The van der Waals surface area contributed by atoms with Crippen LogP contribution in [0.5, 0.6) is 0 Å². The molecule has 0 spiro atoms. The Labute approximate surface area is 94.5 Å². The van der Waals surface area contributed by atoms with Crippen LogP contribution in [0.4, 0.5) is 17.2 Å². The van der Waals surface area contributed by atoms with Crippen LogP contribution in [0.3, 0.4) is 0 Å². The minimum absolute atomic E-state index is 0.702. The molecule has 0 amide bonds. The Kier molecular flexibility index (Phi) is 2.72. The fraction of sp³-hybridized carbons (Fsp3) is 0.167. The molecule has 4 nitrogen and oxygen atoms in total. The Morgan fingerprint density at radius 1 is 1.19 bits per heavy atom. The van der Waals surface area contributed by atoms with Crippen LogP contribution in [-0.2, 0) is 0 Å². The Morgan fingerprint density at radius 2 is 2.00 bits per heavy atom. The van der Waals surface area contributed by atoms with E-state index in [-0.39, 0.29) is 0 Å². The van der Waals surface area contributed by atoms with Crippen molar-refractivity contribution < 1.29 is 0 Å². The van der Waals surface area contributed by atoms with Gasteiger partial charge in [-0.1, -0.05) is 0 Å². The van der Waals surface area contributed by atoms with Gasteiger partial charge in [-0.05, 0) is 37.6 Å². The highest BCUT2D eigenvalue weighted by atomic mass is 15.0. The molecular weight excluding hydrogens is 200 g/mol. The van der Waals surface area contributed by atoms with Crippen LogP contribution >= 0.6 is 0 Å². The van der Waals surface area contributed by atoms with Gasteiger partial charge in [0, 0.05) is 6.20 Å². The van der Waals surface area contributed by atoms with Crippen molar-refractivity contribution in [1.82, 2.24) is 9.97 Å². The van der Waals surface area contributed by atoms with E-state index in [0.717, 1.165) is 22.8 Å². The van der Waals surface area contributed by atoms with Gasteiger partial charge in [-0.3, -0.25) is 4.98 Å². The molecule has 0 radical (unpaired) electrons. The first-order chi connectivity index (χ1) is 7.66. The highest BCUT2D eigenvalue weighted by Crippen LogP contribution is 2.19. The number of aryl methyl sites for hydroxylation is 2. The molecule has 82 valence electrons. The highest BCUT2D eigenvalue weighted by molar-refractivity contribution is 5.60. The zero-order valence-electron chi connectivity index (χ0n) is 9.36. The monoisotopic (exact) mass is 214 g/mol. The number of nitrogens with two attached hydrogens (primary N) is 1. The third kappa shape index (κ3) is 2.11. The maximum Gasteiger partial charge on any atom is 0.130 e. The number of rotatable bonds is 2. The van der Waals surface area contributed by atoms with Crippen molar-refractivity contribution in [2.45, 2.75) is 13.8 Å². The van der Waals surface area contributed by atoms with Gasteiger partial charge in [0.25, 0.3) is 0 Å². The van der Waals surface area contributed by atoms with Crippen LogP contribution in [-0.4, -0.2) is 9.97 Å². The smallest absolute Gasteiger partial charge is 0.130 e. The number of anilines is 3. The van der Waals surface area contributed by atoms with Crippen LogP contribution in [0.1, 0.15) is 11.3 Å². The summed E-state index contributed by atoms with van der Waals surface area (Å²) in [5.41, 5.74) is 9.33. The summed E-state index contributed by atoms with van der Waals surface area (Å²) < 4.78 is 0. The molecule has 16 heavy (non-hydrogen) atoms. The van der Waals surface area contributed by atoms with Gasteiger partial charge in [-0.2, -0.15) is 0 Å². The van der Waals surface area contributed by atoms with Gasteiger partial charge in [0.05, 0.1) is 23.3 Å². The predicted octanol–water partition coefficient (Wildman–Crippen LogP) is 2.42. The van der Waals surface area contributed by atoms with Crippen molar-refractivity contribution in [3.05, 3.63) is 41.9 Å². The molecule has 0 saturated heterocycles. The number of nitrogens with zero attached hydrogens (tertiary/aromatic N) is 2. The lowest BCUT2D eigenvalue weighted by atomic mass is 10.2. The zero-order valence-corrected chi connectivity index (χ0v) is 9.36. The first-order valence-corrected chi connectivity index (χ1v) is 5.07. The van der Waals surface area contributed by atoms with Gasteiger partial charge >= 0.3 is 0 Å².